The molecule has 0 radical (unpaired) electrons. The molecule has 2 aliphatic heterocycles. The van der Waals surface area contributed by atoms with Gasteiger partial charge in [0.25, 0.3) is 0 Å². The Morgan fingerprint density at radius 1 is 1.20 bits per heavy atom. The molecule has 8 nitrogen and oxygen atoms in total. The van der Waals surface area contributed by atoms with Crippen LogP contribution in [0.1, 0.15) is 32.0 Å². The number of fused-ring (bicyclic) bond motifs is 6. The van der Waals surface area contributed by atoms with E-state index in [1.807, 2.05) is 10.6 Å². The van der Waals surface area contributed by atoms with E-state index in [4.69, 9.17) is 4.98 Å². The normalized spacial score (nSPS) is 19.5. The lowest BCUT2D eigenvalue weighted by molar-refractivity contribution is 0.382. The quantitative estimate of drug-likeness (QED) is 0.523. The zero-order chi connectivity index (χ0) is 20.3. The van der Waals surface area contributed by atoms with Gasteiger partial charge in [0.2, 0.25) is 5.95 Å². The van der Waals surface area contributed by atoms with E-state index < -0.39 is 0 Å². The van der Waals surface area contributed by atoms with Crippen molar-refractivity contribution < 1.29 is 4.39 Å². The molecule has 0 spiro atoms. The number of hydrogen-bond acceptors (Lipinski definition) is 6. The number of imidazole rings is 1. The van der Waals surface area contributed by atoms with Gasteiger partial charge in [-0.3, -0.25) is 9.13 Å². The van der Waals surface area contributed by atoms with Gasteiger partial charge in [0.1, 0.15) is 29.2 Å². The summed E-state index contributed by atoms with van der Waals surface area (Å²) in [7, 11) is 0. The first-order valence-corrected chi connectivity index (χ1v) is 10.1. The van der Waals surface area contributed by atoms with Gasteiger partial charge in [-0.05, 0) is 31.4 Å². The Balaban J connectivity index is 1.53. The van der Waals surface area contributed by atoms with Crippen LogP contribution in [0.15, 0.2) is 49.2 Å². The maximum Gasteiger partial charge on any atom is 0.237 e. The van der Waals surface area contributed by atoms with Crippen molar-refractivity contribution in [3.63, 3.8) is 0 Å². The van der Waals surface area contributed by atoms with Crippen LogP contribution in [0.25, 0.3) is 23.0 Å². The van der Waals surface area contributed by atoms with E-state index in [0.29, 0.717) is 17.3 Å². The van der Waals surface area contributed by atoms with Crippen molar-refractivity contribution in [2.75, 3.05) is 11.4 Å². The summed E-state index contributed by atoms with van der Waals surface area (Å²) in [6, 6.07) is 6.38. The van der Waals surface area contributed by atoms with E-state index >= 15 is 0 Å². The number of anilines is 1. The molecule has 0 bridgehead atoms. The van der Waals surface area contributed by atoms with Crippen LogP contribution in [-0.2, 0) is 5.54 Å². The molecular weight excluding hydrogens is 383 g/mol. The van der Waals surface area contributed by atoms with Crippen LogP contribution >= 0.6 is 0 Å². The van der Waals surface area contributed by atoms with Gasteiger partial charge in [-0.2, -0.15) is 4.98 Å². The molecule has 0 aliphatic carbocycles. The zero-order valence-electron chi connectivity index (χ0n) is 16.4. The van der Waals surface area contributed by atoms with E-state index in [2.05, 4.69) is 32.0 Å². The molecule has 30 heavy (non-hydrogen) atoms. The topological polar surface area (TPSA) is 77.5 Å². The Labute approximate surface area is 172 Å². The van der Waals surface area contributed by atoms with Crippen LogP contribution in [-0.4, -0.2) is 40.8 Å². The predicted octanol–water partition coefficient (Wildman–Crippen LogP) is 3.27. The van der Waals surface area contributed by atoms with E-state index in [0.717, 1.165) is 43.1 Å². The van der Waals surface area contributed by atoms with E-state index in [1.54, 1.807) is 35.6 Å². The van der Waals surface area contributed by atoms with Crippen molar-refractivity contribution in [3.8, 4) is 23.0 Å². The number of hydrogen-bond donors (Lipinski definition) is 0. The van der Waals surface area contributed by atoms with Crippen LogP contribution in [0.4, 0.5) is 10.2 Å². The van der Waals surface area contributed by atoms with E-state index in [-0.39, 0.29) is 11.4 Å². The van der Waals surface area contributed by atoms with Gasteiger partial charge in [-0.1, -0.05) is 19.1 Å². The second-order valence-electron chi connectivity index (χ2n) is 7.67. The molecule has 1 atom stereocenters. The molecule has 2 aliphatic rings. The first-order chi connectivity index (χ1) is 14.7. The van der Waals surface area contributed by atoms with Crippen molar-refractivity contribution >= 4 is 5.82 Å². The monoisotopic (exact) mass is 402 g/mol. The Morgan fingerprint density at radius 3 is 3.00 bits per heavy atom. The Kier molecular flexibility index (Phi) is 3.56. The van der Waals surface area contributed by atoms with Crippen LogP contribution in [0.5, 0.6) is 0 Å². The first kappa shape index (κ1) is 17.3. The molecule has 150 valence electrons. The van der Waals surface area contributed by atoms with Gasteiger partial charge < -0.3 is 4.90 Å². The summed E-state index contributed by atoms with van der Waals surface area (Å²) >= 11 is 0. The fourth-order valence-corrected chi connectivity index (χ4v) is 4.82. The molecule has 1 aromatic carbocycles. The lowest BCUT2D eigenvalue weighted by atomic mass is 9.90. The maximum absolute atomic E-state index is 13.8. The van der Waals surface area contributed by atoms with Crippen molar-refractivity contribution in [1.82, 2.24) is 34.3 Å². The third-order valence-corrected chi connectivity index (χ3v) is 6.23. The number of nitrogens with zero attached hydrogens (tertiary/aromatic N) is 8. The summed E-state index contributed by atoms with van der Waals surface area (Å²) in [5.74, 6) is 2.61. The minimum atomic E-state index is -0.307. The third kappa shape index (κ3) is 2.23. The second kappa shape index (κ2) is 6.19. The summed E-state index contributed by atoms with van der Waals surface area (Å²) in [6.07, 6.45) is 10.0. The lowest BCUT2D eigenvalue weighted by Crippen LogP contribution is -2.46. The number of aromatic nitrogens is 7. The molecule has 1 fully saturated rings. The van der Waals surface area contributed by atoms with Crippen LogP contribution in [0.2, 0.25) is 0 Å². The first-order valence-electron chi connectivity index (χ1n) is 10.1. The van der Waals surface area contributed by atoms with Gasteiger partial charge in [-0.15, -0.1) is 10.2 Å². The molecule has 6 rings (SSSR count). The minimum Gasteiger partial charge on any atom is -0.342 e. The summed E-state index contributed by atoms with van der Waals surface area (Å²) in [5.41, 5.74) is 1.35. The molecule has 4 aromatic rings. The Morgan fingerprint density at radius 2 is 2.13 bits per heavy atom. The summed E-state index contributed by atoms with van der Waals surface area (Å²) < 4.78 is 17.6. The Hall–Kier alpha value is -3.62. The number of rotatable bonds is 3. The smallest absolute Gasteiger partial charge is 0.237 e. The SMILES string of the molecule is CC[C@@]12CCCN1c1nc(-n3ccnc3-c3cccc(F)c3)ncc1-n1cnnc12. The highest BCUT2D eigenvalue weighted by atomic mass is 19.1. The molecule has 0 unspecified atom stereocenters. The highest BCUT2D eigenvalue weighted by Crippen LogP contribution is 2.48. The molecule has 5 heterocycles. The zero-order valence-corrected chi connectivity index (χ0v) is 16.4. The van der Waals surface area contributed by atoms with Crippen molar-refractivity contribution in [2.45, 2.75) is 31.7 Å². The fraction of sp³-hybridized carbons (Fsp3) is 0.286. The highest BCUT2D eigenvalue weighted by Gasteiger charge is 2.49. The van der Waals surface area contributed by atoms with Gasteiger partial charge >= 0.3 is 0 Å². The molecule has 1 saturated heterocycles. The predicted molar refractivity (Wildman–Crippen MR) is 108 cm³/mol. The molecule has 0 amide bonds. The standard InChI is InChI=1S/C21H19FN8/c1-2-21-7-4-9-30(21)18-16(29-13-25-27-19(21)29)12-24-20(26-18)28-10-8-23-17(28)14-5-3-6-15(22)11-14/h3,5-6,8,10-13H,2,4,7,9H2,1H3/t21-/m0/s1. The van der Waals surface area contributed by atoms with Gasteiger partial charge in [-0.25, -0.2) is 14.4 Å². The van der Waals surface area contributed by atoms with Crippen LogP contribution < -0.4 is 4.90 Å². The fourth-order valence-electron chi connectivity index (χ4n) is 4.82. The van der Waals surface area contributed by atoms with Crippen LogP contribution in [0, 0.1) is 5.82 Å². The molecular formula is C21H19FN8. The minimum absolute atomic E-state index is 0.199. The van der Waals surface area contributed by atoms with E-state index in [9.17, 15) is 4.39 Å². The molecule has 0 saturated carbocycles. The van der Waals surface area contributed by atoms with Gasteiger partial charge in [0, 0.05) is 24.5 Å². The van der Waals surface area contributed by atoms with Crippen molar-refractivity contribution in [1.29, 1.82) is 0 Å². The number of halogens is 1. The van der Waals surface area contributed by atoms with Gasteiger partial charge in [0.15, 0.2) is 11.6 Å². The third-order valence-electron chi connectivity index (χ3n) is 6.23. The lowest BCUT2D eigenvalue weighted by Gasteiger charge is -2.42. The van der Waals surface area contributed by atoms with E-state index in [1.165, 1.54) is 12.1 Å². The average molecular weight is 402 g/mol. The van der Waals surface area contributed by atoms with Crippen molar-refractivity contribution in [3.05, 3.63) is 60.8 Å². The largest absolute Gasteiger partial charge is 0.342 e. The van der Waals surface area contributed by atoms with Crippen LogP contribution in [0.3, 0.4) is 0 Å². The number of benzene rings is 1. The molecule has 9 heteroatoms. The summed E-state index contributed by atoms with van der Waals surface area (Å²) in [4.78, 5) is 16.3. The Bertz CT molecular complexity index is 1260. The summed E-state index contributed by atoms with van der Waals surface area (Å²) in [6.45, 7) is 3.09. The average Bonchev–Trinajstić information content (AvgIpc) is 3.52. The molecule has 3 aromatic heterocycles. The summed E-state index contributed by atoms with van der Waals surface area (Å²) in [5, 5.41) is 8.61. The van der Waals surface area contributed by atoms with Crippen molar-refractivity contribution in [2.24, 2.45) is 0 Å². The molecule has 0 N–H and O–H groups in total. The second-order valence-corrected chi connectivity index (χ2v) is 7.67. The highest BCUT2D eigenvalue weighted by molar-refractivity contribution is 5.65. The van der Waals surface area contributed by atoms with Gasteiger partial charge in [0.05, 0.1) is 6.20 Å². The maximum atomic E-state index is 13.8.